The minimum Gasteiger partial charge on any atom is -0.327 e. The molecule has 1 rings (SSSR count). The smallest absolute Gasteiger partial charge is 0.00645 e. The molecular formula is C11H23N. The molecule has 1 aliphatic carbocycles. The van der Waals surface area contributed by atoms with Crippen molar-refractivity contribution in [2.75, 3.05) is 0 Å². The van der Waals surface area contributed by atoms with E-state index in [4.69, 9.17) is 5.73 Å². The van der Waals surface area contributed by atoms with E-state index in [0.29, 0.717) is 6.04 Å². The molecule has 1 heteroatoms. The summed E-state index contributed by atoms with van der Waals surface area (Å²) in [6.07, 6.45) is 11.1. The third-order valence-corrected chi connectivity index (χ3v) is 3.18. The van der Waals surface area contributed by atoms with Crippen LogP contribution in [0.15, 0.2) is 0 Å². The molecular weight excluding hydrogens is 146 g/mol. The van der Waals surface area contributed by atoms with Crippen LogP contribution in [-0.2, 0) is 0 Å². The molecule has 0 radical (unpaired) electrons. The van der Waals surface area contributed by atoms with Crippen molar-refractivity contribution in [1.29, 1.82) is 0 Å². The van der Waals surface area contributed by atoms with Crippen LogP contribution >= 0.6 is 0 Å². The molecule has 2 N–H and O–H groups in total. The molecule has 0 aliphatic heterocycles. The lowest BCUT2D eigenvalue weighted by atomic mass is 9.90. The molecule has 72 valence electrons. The third-order valence-electron chi connectivity index (χ3n) is 3.18. The van der Waals surface area contributed by atoms with E-state index in [1.807, 2.05) is 0 Å². The summed E-state index contributed by atoms with van der Waals surface area (Å²) in [5, 5.41) is 0. The van der Waals surface area contributed by atoms with Gasteiger partial charge in [0.25, 0.3) is 0 Å². The molecule has 12 heavy (non-hydrogen) atoms. The Morgan fingerprint density at radius 2 is 1.33 bits per heavy atom. The highest BCUT2D eigenvalue weighted by molar-refractivity contribution is 4.70. The third kappa shape index (κ3) is 3.57. The maximum atomic E-state index is 6.07. The van der Waals surface area contributed by atoms with Gasteiger partial charge >= 0.3 is 0 Å². The highest BCUT2D eigenvalue weighted by Gasteiger charge is 2.12. The van der Waals surface area contributed by atoms with Gasteiger partial charge < -0.3 is 5.73 Å². The van der Waals surface area contributed by atoms with Crippen molar-refractivity contribution in [3.8, 4) is 0 Å². The van der Waals surface area contributed by atoms with Crippen molar-refractivity contribution >= 4 is 0 Å². The van der Waals surface area contributed by atoms with Gasteiger partial charge in [0.15, 0.2) is 0 Å². The summed E-state index contributed by atoms with van der Waals surface area (Å²) in [5.74, 6) is 0.753. The molecule has 1 aliphatic rings. The van der Waals surface area contributed by atoms with Gasteiger partial charge in [-0.2, -0.15) is 0 Å². The van der Waals surface area contributed by atoms with Crippen LogP contribution in [0, 0.1) is 5.92 Å². The summed E-state index contributed by atoms with van der Waals surface area (Å²) in [5.41, 5.74) is 6.07. The first-order chi connectivity index (χ1) is 5.80. The molecule has 0 aromatic heterocycles. The zero-order chi connectivity index (χ0) is 8.81. The van der Waals surface area contributed by atoms with Gasteiger partial charge in [0, 0.05) is 6.04 Å². The molecule has 1 nitrogen and oxygen atoms in total. The number of rotatable bonds is 0. The highest BCUT2D eigenvalue weighted by atomic mass is 14.6. The van der Waals surface area contributed by atoms with E-state index >= 15 is 0 Å². The molecule has 0 spiro atoms. The second-order valence-corrected chi connectivity index (χ2v) is 4.34. The molecule has 1 saturated carbocycles. The molecule has 0 bridgehead atoms. The Morgan fingerprint density at radius 3 is 2.00 bits per heavy atom. The molecule has 0 amide bonds. The molecule has 1 fully saturated rings. The summed E-state index contributed by atoms with van der Waals surface area (Å²) in [4.78, 5) is 0. The number of nitrogens with two attached hydrogens (primary N) is 1. The van der Waals surface area contributed by atoms with E-state index in [1.54, 1.807) is 0 Å². The summed E-state index contributed by atoms with van der Waals surface area (Å²) < 4.78 is 0. The van der Waals surface area contributed by atoms with E-state index < -0.39 is 0 Å². The number of hydrogen-bond acceptors (Lipinski definition) is 1. The van der Waals surface area contributed by atoms with E-state index in [0.717, 1.165) is 5.92 Å². The fourth-order valence-corrected chi connectivity index (χ4v) is 2.05. The lowest BCUT2D eigenvalue weighted by Crippen LogP contribution is -2.28. The van der Waals surface area contributed by atoms with Crippen molar-refractivity contribution in [3.05, 3.63) is 0 Å². The van der Waals surface area contributed by atoms with E-state index in [9.17, 15) is 0 Å². The summed E-state index contributed by atoms with van der Waals surface area (Å²) in [6.45, 7) is 2.31. The van der Waals surface area contributed by atoms with Gasteiger partial charge in [0.05, 0.1) is 0 Å². The Labute approximate surface area is 76.7 Å². The van der Waals surface area contributed by atoms with Gasteiger partial charge in [-0.1, -0.05) is 45.4 Å². The van der Waals surface area contributed by atoms with Crippen LogP contribution in [0.4, 0.5) is 0 Å². The minimum absolute atomic E-state index is 0.475. The highest BCUT2D eigenvalue weighted by Crippen LogP contribution is 2.19. The van der Waals surface area contributed by atoms with E-state index in [-0.39, 0.29) is 0 Å². The van der Waals surface area contributed by atoms with E-state index in [2.05, 4.69) is 6.92 Å². The zero-order valence-electron chi connectivity index (χ0n) is 8.39. The van der Waals surface area contributed by atoms with Crippen LogP contribution in [0.3, 0.4) is 0 Å². The van der Waals surface area contributed by atoms with Crippen LogP contribution in [-0.4, -0.2) is 6.04 Å². The molecule has 0 aromatic carbocycles. The second-order valence-electron chi connectivity index (χ2n) is 4.34. The van der Waals surface area contributed by atoms with Crippen LogP contribution in [0.5, 0.6) is 0 Å². The fourth-order valence-electron chi connectivity index (χ4n) is 2.05. The average Bonchev–Trinajstić information content (AvgIpc) is 2.08. The zero-order valence-corrected chi connectivity index (χ0v) is 8.39. The van der Waals surface area contributed by atoms with Crippen molar-refractivity contribution < 1.29 is 0 Å². The van der Waals surface area contributed by atoms with Crippen LogP contribution in [0.2, 0.25) is 0 Å². The molecule has 0 heterocycles. The first-order valence-electron chi connectivity index (χ1n) is 5.56. The fraction of sp³-hybridized carbons (Fsp3) is 1.00. The quantitative estimate of drug-likeness (QED) is 0.592. The van der Waals surface area contributed by atoms with Crippen LogP contribution in [0.1, 0.15) is 58.3 Å². The molecule has 2 atom stereocenters. The lowest BCUT2D eigenvalue weighted by molar-refractivity contribution is 0.364. The first-order valence-corrected chi connectivity index (χ1v) is 5.56. The van der Waals surface area contributed by atoms with Gasteiger partial charge in [0.1, 0.15) is 0 Å². The monoisotopic (exact) mass is 169 g/mol. The Hall–Kier alpha value is -0.0400. The summed E-state index contributed by atoms with van der Waals surface area (Å²) >= 11 is 0. The maximum absolute atomic E-state index is 6.07. The Balaban J connectivity index is 2.26. The van der Waals surface area contributed by atoms with Crippen LogP contribution in [0.25, 0.3) is 0 Å². The molecule has 0 saturated heterocycles. The van der Waals surface area contributed by atoms with Crippen molar-refractivity contribution in [2.45, 2.75) is 64.3 Å². The van der Waals surface area contributed by atoms with Gasteiger partial charge in [0.2, 0.25) is 0 Å². The predicted molar refractivity (Wildman–Crippen MR) is 54.1 cm³/mol. The van der Waals surface area contributed by atoms with Gasteiger partial charge in [-0.3, -0.25) is 0 Å². The summed E-state index contributed by atoms with van der Waals surface area (Å²) in [7, 11) is 0. The standard InChI is InChI=1S/C11H23N/c1-10-8-6-4-2-3-5-7-9-11(10)12/h10-11H,2-9,12H2,1H3. The summed E-state index contributed by atoms with van der Waals surface area (Å²) in [6, 6.07) is 0.475. The second kappa shape index (κ2) is 5.58. The Morgan fingerprint density at radius 1 is 0.833 bits per heavy atom. The SMILES string of the molecule is CC1CCCCCCCCC1N. The van der Waals surface area contributed by atoms with Gasteiger partial charge in [-0.15, -0.1) is 0 Å². The Kier molecular flexibility index (Phi) is 4.67. The molecule has 2 unspecified atom stereocenters. The van der Waals surface area contributed by atoms with Gasteiger partial charge in [-0.05, 0) is 18.8 Å². The Bertz CT molecular complexity index is 97.6. The topological polar surface area (TPSA) is 26.0 Å². The normalized spacial score (nSPS) is 34.5. The molecule has 0 aromatic rings. The van der Waals surface area contributed by atoms with Gasteiger partial charge in [-0.25, -0.2) is 0 Å². The first kappa shape index (κ1) is 10.0. The van der Waals surface area contributed by atoms with Crippen LogP contribution < -0.4 is 5.73 Å². The average molecular weight is 169 g/mol. The van der Waals surface area contributed by atoms with E-state index in [1.165, 1.54) is 51.4 Å². The largest absolute Gasteiger partial charge is 0.327 e. The lowest BCUT2D eigenvalue weighted by Gasteiger charge is -2.21. The maximum Gasteiger partial charge on any atom is 0.00645 e. The predicted octanol–water partition coefficient (Wildman–Crippen LogP) is 3.08. The van der Waals surface area contributed by atoms with Crippen molar-refractivity contribution in [2.24, 2.45) is 11.7 Å². The minimum atomic E-state index is 0.475. The number of hydrogen-bond donors (Lipinski definition) is 1. The van der Waals surface area contributed by atoms with Crippen molar-refractivity contribution in [3.63, 3.8) is 0 Å². The van der Waals surface area contributed by atoms with Crippen molar-refractivity contribution in [1.82, 2.24) is 0 Å².